The Labute approximate surface area is 83.3 Å². The van der Waals surface area contributed by atoms with Crippen LogP contribution in [0.2, 0.25) is 0 Å². The average Bonchev–Trinajstić information content (AvgIpc) is 2.65. The van der Waals surface area contributed by atoms with Crippen LogP contribution in [0, 0.1) is 11.3 Å². The zero-order valence-electron chi connectivity index (χ0n) is 7.92. The number of benzene rings is 1. The molecule has 0 saturated carbocycles. The van der Waals surface area contributed by atoms with E-state index in [2.05, 4.69) is 17.5 Å². The third kappa shape index (κ3) is 1.80. The van der Waals surface area contributed by atoms with Crippen molar-refractivity contribution in [3.8, 4) is 11.8 Å². The summed E-state index contributed by atoms with van der Waals surface area (Å²) in [4.78, 5) is 0. The molecule has 0 fully saturated rings. The van der Waals surface area contributed by atoms with Crippen LogP contribution in [-0.4, -0.2) is 13.2 Å². The lowest BCUT2D eigenvalue weighted by Crippen LogP contribution is -2.00. The van der Waals surface area contributed by atoms with Crippen LogP contribution < -0.4 is 10.1 Å². The smallest absolute Gasteiger partial charge is 0.122 e. The number of hydrogen-bond donors (Lipinski definition) is 1. The fraction of sp³-hybridized carbons (Fsp3) is 0.364. The van der Waals surface area contributed by atoms with Crippen molar-refractivity contribution in [1.82, 2.24) is 0 Å². The Bertz CT molecular complexity index is 368. The van der Waals surface area contributed by atoms with Crippen LogP contribution in [0.25, 0.3) is 0 Å². The highest BCUT2D eigenvalue weighted by Gasteiger charge is 2.11. The van der Waals surface area contributed by atoms with Gasteiger partial charge >= 0.3 is 0 Å². The van der Waals surface area contributed by atoms with Gasteiger partial charge in [-0.2, -0.15) is 5.26 Å². The number of fused-ring (bicyclic) bond motifs is 1. The minimum Gasteiger partial charge on any atom is -0.493 e. The molecule has 2 rings (SSSR count). The summed E-state index contributed by atoms with van der Waals surface area (Å²) in [5.74, 6) is 0.996. The molecule has 1 aliphatic rings. The van der Waals surface area contributed by atoms with Gasteiger partial charge in [-0.15, -0.1) is 0 Å². The van der Waals surface area contributed by atoms with Gasteiger partial charge in [-0.25, -0.2) is 0 Å². The predicted octanol–water partition coefficient (Wildman–Crippen LogP) is 1.95. The Morgan fingerprint density at radius 1 is 1.50 bits per heavy atom. The maximum atomic E-state index is 8.39. The first-order valence-corrected chi connectivity index (χ1v) is 4.77. The highest BCUT2D eigenvalue weighted by molar-refractivity contribution is 5.52. The third-order valence-electron chi connectivity index (χ3n) is 2.26. The lowest BCUT2D eigenvalue weighted by molar-refractivity contribution is 0.357. The van der Waals surface area contributed by atoms with E-state index in [0.717, 1.165) is 24.5 Å². The Hall–Kier alpha value is -1.69. The van der Waals surface area contributed by atoms with Crippen LogP contribution in [0.4, 0.5) is 5.69 Å². The second kappa shape index (κ2) is 4.01. The zero-order chi connectivity index (χ0) is 9.80. The molecule has 0 bridgehead atoms. The number of hydrogen-bond acceptors (Lipinski definition) is 3. The quantitative estimate of drug-likeness (QED) is 0.737. The van der Waals surface area contributed by atoms with E-state index in [0.29, 0.717) is 13.0 Å². The summed E-state index contributed by atoms with van der Waals surface area (Å²) >= 11 is 0. The first-order valence-electron chi connectivity index (χ1n) is 4.77. The highest BCUT2D eigenvalue weighted by atomic mass is 16.5. The lowest BCUT2D eigenvalue weighted by atomic mass is 10.1. The van der Waals surface area contributed by atoms with Crippen LogP contribution >= 0.6 is 0 Å². The number of nitrogens with one attached hydrogen (secondary N) is 1. The van der Waals surface area contributed by atoms with Crippen molar-refractivity contribution in [3.05, 3.63) is 23.8 Å². The summed E-state index contributed by atoms with van der Waals surface area (Å²) < 4.78 is 5.40. The summed E-state index contributed by atoms with van der Waals surface area (Å²) in [6, 6.07) is 8.17. The van der Waals surface area contributed by atoms with Gasteiger partial charge in [0.25, 0.3) is 0 Å². The highest BCUT2D eigenvalue weighted by Crippen LogP contribution is 2.27. The number of nitrogens with zero attached hydrogens (tertiary/aromatic N) is 1. The summed E-state index contributed by atoms with van der Waals surface area (Å²) in [5, 5.41) is 11.6. The van der Waals surface area contributed by atoms with E-state index < -0.39 is 0 Å². The van der Waals surface area contributed by atoms with Crippen LogP contribution in [0.15, 0.2) is 18.2 Å². The summed E-state index contributed by atoms with van der Waals surface area (Å²) in [7, 11) is 0. The number of nitriles is 1. The molecule has 0 radical (unpaired) electrons. The van der Waals surface area contributed by atoms with Gasteiger partial charge in [0.05, 0.1) is 19.1 Å². The van der Waals surface area contributed by atoms with E-state index in [1.807, 2.05) is 12.1 Å². The van der Waals surface area contributed by atoms with Crippen molar-refractivity contribution in [2.24, 2.45) is 0 Å². The summed E-state index contributed by atoms with van der Waals surface area (Å²) in [6.07, 6.45) is 1.52. The van der Waals surface area contributed by atoms with Crippen LogP contribution in [0.1, 0.15) is 12.0 Å². The molecule has 0 amide bonds. The molecule has 3 heteroatoms. The Balaban J connectivity index is 2.02. The SMILES string of the molecule is N#CCCNc1ccc2c(c1)CCO2. The topological polar surface area (TPSA) is 45.0 Å². The fourth-order valence-corrected chi connectivity index (χ4v) is 1.56. The van der Waals surface area contributed by atoms with Crippen LogP contribution in [0.3, 0.4) is 0 Å². The first kappa shape index (κ1) is 8.89. The molecule has 1 aromatic carbocycles. The second-order valence-electron chi connectivity index (χ2n) is 3.26. The standard InChI is InChI=1S/C11H12N2O/c12-5-1-6-13-10-2-3-11-9(8-10)4-7-14-11/h2-3,8,13H,1,4,6-7H2. The van der Waals surface area contributed by atoms with E-state index >= 15 is 0 Å². The molecule has 0 spiro atoms. The van der Waals surface area contributed by atoms with Gasteiger partial charge in [0.2, 0.25) is 0 Å². The van der Waals surface area contributed by atoms with E-state index in [1.165, 1.54) is 5.56 Å². The monoisotopic (exact) mass is 188 g/mol. The van der Waals surface area contributed by atoms with E-state index in [-0.39, 0.29) is 0 Å². The number of ether oxygens (including phenoxy) is 1. The Morgan fingerprint density at radius 3 is 3.29 bits per heavy atom. The minimum absolute atomic E-state index is 0.535. The molecule has 1 aliphatic heterocycles. The summed E-state index contributed by atoms with van der Waals surface area (Å²) in [6.45, 7) is 1.49. The molecule has 72 valence electrons. The molecule has 0 saturated heterocycles. The van der Waals surface area contributed by atoms with Crippen molar-refractivity contribution in [2.75, 3.05) is 18.5 Å². The van der Waals surface area contributed by atoms with Crippen molar-refractivity contribution in [2.45, 2.75) is 12.8 Å². The normalized spacial score (nSPS) is 12.8. The van der Waals surface area contributed by atoms with Gasteiger partial charge in [0.1, 0.15) is 5.75 Å². The molecule has 0 aliphatic carbocycles. The molecule has 1 N–H and O–H groups in total. The van der Waals surface area contributed by atoms with Crippen molar-refractivity contribution >= 4 is 5.69 Å². The molecular weight excluding hydrogens is 176 g/mol. The van der Waals surface area contributed by atoms with Gasteiger partial charge in [-0.05, 0) is 23.8 Å². The largest absolute Gasteiger partial charge is 0.493 e. The molecular formula is C11H12N2O. The Morgan fingerprint density at radius 2 is 2.43 bits per heavy atom. The van der Waals surface area contributed by atoms with Gasteiger partial charge in [0.15, 0.2) is 0 Å². The average molecular weight is 188 g/mol. The van der Waals surface area contributed by atoms with Crippen LogP contribution in [-0.2, 0) is 6.42 Å². The van der Waals surface area contributed by atoms with Crippen molar-refractivity contribution in [3.63, 3.8) is 0 Å². The zero-order valence-corrected chi connectivity index (χ0v) is 7.92. The van der Waals surface area contributed by atoms with E-state index in [1.54, 1.807) is 0 Å². The van der Waals surface area contributed by atoms with Crippen LogP contribution in [0.5, 0.6) is 5.75 Å². The molecule has 1 aromatic rings. The van der Waals surface area contributed by atoms with Crippen molar-refractivity contribution in [1.29, 1.82) is 5.26 Å². The van der Waals surface area contributed by atoms with Crippen molar-refractivity contribution < 1.29 is 4.74 Å². The van der Waals surface area contributed by atoms with Gasteiger partial charge < -0.3 is 10.1 Å². The molecule has 0 aromatic heterocycles. The predicted molar refractivity (Wildman–Crippen MR) is 54.4 cm³/mol. The molecule has 0 unspecified atom stereocenters. The minimum atomic E-state index is 0.535. The van der Waals surface area contributed by atoms with E-state index in [4.69, 9.17) is 10.00 Å². The maximum absolute atomic E-state index is 8.39. The Kier molecular flexibility index (Phi) is 2.55. The van der Waals surface area contributed by atoms with Gasteiger partial charge in [-0.1, -0.05) is 0 Å². The third-order valence-corrected chi connectivity index (χ3v) is 2.26. The molecule has 0 atom stereocenters. The fourth-order valence-electron chi connectivity index (χ4n) is 1.56. The lowest BCUT2D eigenvalue weighted by Gasteiger charge is -2.05. The molecule has 3 nitrogen and oxygen atoms in total. The molecule has 1 heterocycles. The second-order valence-corrected chi connectivity index (χ2v) is 3.26. The van der Waals surface area contributed by atoms with Gasteiger partial charge in [0, 0.05) is 18.7 Å². The maximum Gasteiger partial charge on any atom is 0.122 e. The number of anilines is 1. The molecule has 14 heavy (non-hydrogen) atoms. The van der Waals surface area contributed by atoms with E-state index in [9.17, 15) is 0 Å². The number of rotatable bonds is 3. The van der Waals surface area contributed by atoms with Gasteiger partial charge in [-0.3, -0.25) is 0 Å². The first-order chi connectivity index (χ1) is 6.90. The summed E-state index contributed by atoms with van der Waals surface area (Å²) in [5.41, 5.74) is 2.33.